The largest absolute Gasteiger partial charge is 0.480 e. The predicted molar refractivity (Wildman–Crippen MR) is 156 cm³/mol. The molecule has 0 radical (unpaired) electrons. The summed E-state index contributed by atoms with van der Waals surface area (Å²) >= 11 is 0. The summed E-state index contributed by atoms with van der Waals surface area (Å²) in [5.41, 5.74) is -4.73. The number of amides is 1. The third kappa shape index (κ3) is 6.44. The van der Waals surface area contributed by atoms with Gasteiger partial charge < -0.3 is 24.3 Å². The fourth-order valence-corrected chi connectivity index (χ4v) is 5.90. The first-order valence-electron chi connectivity index (χ1n) is 14.5. The van der Waals surface area contributed by atoms with Gasteiger partial charge in [-0.2, -0.15) is 26.3 Å². The Hall–Kier alpha value is -4.96. The first kappa shape index (κ1) is 34.4. The lowest BCUT2D eigenvalue weighted by Crippen LogP contribution is -2.49. The number of rotatable bonds is 7. The van der Waals surface area contributed by atoms with Crippen molar-refractivity contribution in [1.29, 1.82) is 0 Å². The number of anilines is 1. The molecule has 1 unspecified atom stereocenters. The van der Waals surface area contributed by atoms with Gasteiger partial charge in [0, 0.05) is 55.0 Å². The van der Waals surface area contributed by atoms with Crippen LogP contribution in [0.1, 0.15) is 46.6 Å². The Morgan fingerprint density at radius 3 is 2.33 bits per heavy atom. The predicted octanol–water partition coefficient (Wildman–Crippen LogP) is 5.65. The number of hydrogen-bond acceptors (Lipinski definition) is 5. The van der Waals surface area contributed by atoms with E-state index in [2.05, 4.69) is 4.98 Å². The first-order chi connectivity index (χ1) is 22.4. The Morgan fingerprint density at radius 1 is 1.06 bits per heavy atom. The number of aliphatic carboxylic acids is 1. The number of aryl methyl sites for hydroxylation is 1. The summed E-state index contributed by atoms with van der Waals surface area (Å²) in [6, 6.07) is 0.506. The number of benzene rings is 1. The molecule has 0 saturated carbocycles. The molecular formula is C31H27F8N5O4. The molecule has 5 rings (SSSR count). The topological polar surface area (TPSA) is 109 Å². The summed E-state index contributed by atoms with van der Waals surface area (Å²) < 4.78 is 115. The molecule has 1 fully saturated rings. The van der Waals surface area contributed by atoms with Gasteiger partial charge in [0.1, 0.15) is 34.9 Å². The molecule has 1 aromatic carbocycles. The van der Waals surface area contributed by atoms with E-state index in [-0.39, 0.29) is 42.0 Å². The van der Waals surface area contributed by atoms with Crippen molar-refractivity contribution >= 4 is 23.2 Å². The maximum Gasteiger partial charge on any atom is 0.417 e. The Labute approximate surface area is 266 Å². The Bertz CT molecular complexity index is 1940. The Balaban J connectivity index is 1.46. The molecule has 2 N–H and O–H groups in total. The van der Waals surface area contributed by atoms with Crippen LogP contribution in [0.3, 0.4) is 0 Å². The molecule has 4 aromatic rings. The fourth-order valence-electron chi connectivity index (χ4n) is 5.90. The second-order valence-corrected chi connectivity index (χ2v) is 11.4. The molecule has 1 aliphatic heterocycles. The van der Waals surface area contributed by atoms with Gasteiger partial charge in [0.05, 0.1) is 11.1 Å². The Kier molecular flexibility index (Phi) is 9.01. The molecule has 48 heavy (non-hydrogen) atoms. The van der Waals surface area contributed by atoms with E-state index in [1.165, 1.54) is 36.8 Å². The average Bonchev–Trinajstić information content (AvgIpc) is 3.49. The van der Waals surface area contributed by atoms with Crippen LogP contribution in [0.2, 0.25) is 0 Å². The van der Waals surface area contributed by atoms with Crippen molar-refractivity contribution in [1.82, 2.24) is 19.3 Å². The lowest BCUT2D eigenvalue weighted by atomic mass is 9.99. The van der Waals surface area contributed by atoms with Crippen molar-refractivity contribution in [3.8, 4) is 11.1 Å². The van der Waals surface area contributed by atoms with Crippen LogP contribution >= 0.6 is 0 Å². The number of hydrogen-bond donors (Lipinski definition) is 2. The highest BCUT2D eigenvalue weighted by molar-refractivity contribution is 5.97. The molecule has 1 aliphatic rings. The molecule has 9 nitrogen and oxygen atoms in total. The molecular weight excluding hydrogens is 658 g/mol. The second-order valence-electron chi connectivity index (χ2n) is 11.4. The van der Waals surface area contributed by atoms with Gasteiger partial charge in [-0.3, -0.25) is 9.59 Å². The molecule has 2 atom stereocenters. The van der Waals surface area contributed by atoms with E-state index in [1.807, 2.05) is 5.32 Å². The number of imidazole rings is 1. The van der Waals surface area contributed by atoms with Gasteiger partial charge >= 0.3 is 18.3 Å². The van der Waals surface area contributed by atoms with E-state index >= 15 is 8.78 Å². The first-order valence-corrected chi connectivity index (χ1v) is 14.5. The summed E-state index contributed by atoms with van der Waals surface area (Å²) in [5.74, 6) is -6.18. The van der Waals surface area contributed by atoms with E-state index in [4.69, 9.17) is 0 Å². The van der Waals surface area contributed by atoms with Crippen LogP contribution < -0.4 is 15.8 Å². The molecule has 17 heteroatoms. The van der Waals surface area contributed by atoms with Crippen LogP contribution in [0.4, 0.5) is 40.8 Å². The van der Waals surface area contributed by atoms with E-state index in [1.54, 1.807) is 0 Å². The van der Waals surface area contributed by atoms with Crippen LogP contribution in [0.25, 0.3) is 16.8 Å². The highest BCUT2D eigenvalue weighted by atomic mass is 19.4. The SMILES string of the molecule is Cc1cc(C(F)(F)F)c(-c2ccc(CC(NC(=O)c3c(F)cc(N4CCCC[C@@H]4C(F)(F)F)cc3F)C(=O)O)n3ccnc23)c(=O)n1C. The van der Waals surface area contributed by atoms with E-state index in [0.717, 1.165) is 21.6 Å². The zero-order valence-corrected chi connectivity index (χ0v) is 25.2. The number of carbonyl (C=O) groups is 2. The minimum atomic E-state index is -4.91. The highest BCUT2D eigenvalue weighted by Gasteiger charge is 2.45. The number of nitrogens with zero attached hydrogens (tertiary/aromatic N) is 4. The average molecular weight is 686 g/mol. The van der Waals surface area contributed by atoms with Gasteiger partial charge in [-0.25, -0.2) is 18.6 Å². The van der Waals surface area contributed by atoms with E-state index in [9.17, 15) is 45.8 Å². The fraction of sp³-hybridized carbons (Fsp3) is 0.355. The van der Waals surface area contributed by atoms with Crippen LogP contribution in [-0.2, 0) is 24.4 Å². The van der Waals surface area contributed by atoms with E-state index < -0.39 is 82.3 Å². The third-order valence-electron chi connectivity index (χ3n) is 8.36. The molecule has 1 amide bonds. The third-order valence-corrected chi connectivity index (χ3v) is 8.36. The van der Waals surface area contributed by atoms with Crippen molar-refractivity contribution in [2.75, 3.05) is 11.4 Å². The van der Waals surface area contributed by atoms with Crippen molar-refractivity contribution in [3.05, 3.63) is 87.2 Å². The minimum absolute atomic E-state index is 0.0478. The summed E-state index contributed by atoms with van der Waals surface area (Å²) in [7, 11) is 1.30. The number of nitrogens with one attached hydrogen (secondary N) is 1. The number of carboxylic acid groups (broad SMARTS) is 1. The molecule has 4 heterocycles. The molecule has 1 saturated heterocycles. The summed E-state index contributed by atoms with van der Waals surface area (Å²) in [5, 5.41) is 11.9. The van der Waals surface area contributed by atoms with Gasteiger partial charge in [-0.05, 0) is 56.5 Å². The monoisotopic (exact) mass is 685 g/mol. The number of alkyl halides is 6. The number of carbonyl (C=O) groups excluding carboxylic acids is 1. The lowest BCUT2D eigenvalue weighted by molar-refractivity contribution is -0.152. The lowest BCUT2D eigenvalue weighted by Gasteiger charge is -2.38. The summed E-state index contributed by atoms with van der Waals surface area (Å²) in [6.07, 6.45) is -7.35. The van der Waals surface area contributed by atoms with Crippen LogP contribution in [-0.4, -0.2) is 55.7 Å². The number of halogens is 8. The summed E-state index contributed by atoms with van der Waals surface area (Å²) in [4.78, 5) is 43.0. The number of carboxylic acids is 1. The number of fused-ring (bicyclic) bond motifs is 1. The smallest absolute Gasteiger partial charge is 0.417 e. The maximum atomic E-state index is 15.1. The van der Waals surface area contributed by atoms with Crippen LogP contribution in [0.5, 0.6) is 0 Å². The summed E-state index contributed by atoms with van der Waals surface area (Å²) in [6.45, 7) is 1.20. The van der Waals surface area contributed by atoms with E-state index in [0.29, 0.717) is 18.6 Å². The van der Waals surface area contributed by atoms with Crippen molar-refractivity contribution in [2.45, 2.75) is 57.0 Å². The van der Waals surface area contributed by atoms with Crippen LogP contribution in [0, 0.1) is 18.6 Å². The highest BCUT2D eigenvalue weighted by Crippen LogP contribution is 2.38. The van der Waals surface area contributed by atoms with Gasteiger partial charge in [0.15, 0.2) is 0 Å². The molecule has 0 bridgehead atoms. The molecule has 0 spiro atoms. The Morgan fingerprint density at radius 2 is 1.73 bits per heavy atom. The van der Waals surface area contributed by atoms with Crippen molar-refractivity contribution in [3.63, 3.8) is 0 Å². The minimum Gasteiger partial charge on any atom is -0.480 e. The second kappa shape index (κ2) is 12.6. The van der Waals surface area contributed by atoms with Crippen molar-refractivity contribution < 1.29 is 49.8 Å². The maximum absolute atomic E-state index is 15.1. The zero-order chi connectivity index (χ0) is 35.3. The zero-order valence-electron chi connectivity index (χ0n) is 25.2. The van der Waals surface area contributed by atoms with Gasteiger partial charge in [0.25, 0.3) is 11.5 Å². The van der Waals surface area contributed by atoms with Gasteiger partial charge in [-0.1, -0.05) is 0 Å². The molecule has 256 valence electrons. The quantitative estimate of drug-likeness (QED) is 0.244. The standard InChI is InChI=1S/C31H27F8N5O4/c1-15-11-19(30(34,35)36)24(28(46)42(15)2)18-7-6-16(44-10-8-40-26(18)44)14-22(29(47)48)41-27(45)25-20(32)12-17(13-21(25)33)43-9-4-3-5-23(43)31(37,38)39/h6-8,10-13,22-23H,3-5,9,14H2,1-2H3,(H,41,45)(H,47,48)/t22?,23-/m1/s1. The van der Waals surface area contributed by atoms with Gasteiger partial charge in [0.2, 0.25) is 0 Å². The number of aromatic nitrogens is 3. The molecule has 0 aliphatic carbocycles. The van der Waals surface area contributed by atoms with Gasteiger partial charge in [-0.15, -0.1) is 0 Å². The number of piperidine rings is 1. The normalized spacial score (nSPS) is 16.3. The number of pyridine rings is 2. The van der Waals surface area contributed by atoms with Crippen LogP contribution in [0.15, 0.2) is 47.5 Å². The van der Waals surface area contributed by atoms with Crippen molar-refractivity contribution in [2.24, 2.45) is 7.05 Å². The molecule has 3 aromatic heterocycles.